The van der Waals surface area contributed by atoms with E-state index in [9.17, 15) is 9.90 Å². The second-order valence-electron chi connectivity index (χ2n) is 7.48. The summed E-state index contributed by atoms with van der Waals surface area (Å²) in [5.74, 6) is 0.642. The number of para-hydroxylation sites is 1. The number of aromatic nitrogens is 2. The van der Waals surface area contributed by atoms with Crippen LogP contribution in [0.4, 0.5) is 0 Å². The summed E-state index contributed by atoms with van der Waals surface area (Å²) in [6, 6.07) is 18.4. The molecular formula is C24H29N3O3. The van der Waals surface area contributed by atoms with Crippen molar-refractivity contribution in [3.63, 3.8) is 0 Å². The third-order valence-corrected chi connectivity index (χ3v) is 5.20. The van der Waals surface area contributed by atoms with Crippen molar-refractivity contribution in [3.8, 4) is 5.75 Å². The van der Waals surface area contributed by atoms with Crippen LogP contribution in [0.3, 0.4) is 0 Å². The number of aliphatic hydroxyl groups excluding tert-OH is 1. The lowest BCUT2D eigenvalue weighted by molar-refractivity contribution is 0.0995. The predicted molar refractivity (Wildman–Crippen MR) is 117 cm³/mol. The van der Waals surface area contributed by atoms with E-state index in [1.54, 1.807) is 6.92 Å². The number of primary amides is 1. The van der Waals surface area contributed by atoms with E-state index in [1.165, 1.54) is 11.8 Å². The number of carbonyl (C=O) groups is 1. The van der Waals surface area contributed by atoms with Crippen molar-refractivity contribution in [2.24, 2.45) is 5.73 Å². The third-order valence-electron chi connectivity index (χ3n) is 5.20. The molecule has 0 spiro atoms. The fourth-order valence-electron chi connectivity index (χ4n) is 3.52. The quantitative estimate of drug-likeness (QED) is 0.423. The molecule has 0 aliphatic rings. The molecule has 1 aromatic heterocycles. The van der Waals surface area contributed by atoms with Gasteiger partial charge >= 0.3 is 0 Å². The Morgan fingerprint density at radius 2 is 1.87 bits per heavy atom. The topological polar surface area (TPSA) is 101 Å². The molecule has 3 aromatic rings. The highest BCUT2D eigenvalue weighted by atomic mass is 16.5. The van der Waals surface area contributed by atoms with Gasteiger partial charge < -0.3 is 20.6 Å². The van der Waals surface area contributed by atoms with E-state index < -0.39 is 12.0 Å². The number of rotatable bonds is 11. The van der Waals surface area contributed by atoms with Crippen molar-refractivity contribution in [3.05, 3.63) is 83.4 Å². The van der Waals surface area contributed by atoms with Gasteiger partial charge in [0, 0.05) is 5.92 Å². The van der Waals surface area contributed by atoms with Crippen LogP contribution < -0.4 is 10.5 Å². The van der Waals surface area contributed by atoms with Gasteiger partial charge in [0.05, 0.1) is 18.9 Å². The highest BCUT2D eigenvalue weighted by Crippen LogP contribution is 2.27. The molecule has 158 valence electrons. The first-order valence-corrected chi connectivity index (χ1v) is 10.3. The first-order valence-electron chi connectivity index (χ1n) is 10.3. The molecule has 0 aliphatic heterocycles. The number of nitrogens with two attached hydrogens (primary N) is 1. The first-order chi connectivity index (χ1) is 14.5. The van der Waals surface area contributed by atoms with Gasteiger partial charge in [0.25, 0.3) is 5.91 Å². The van der Waals surface area contributed by atoms with Crippen LogP contribution in [0, 0.1) is 0 Å². The Labute approximate surface area is 177 Å². The molecule has 0 saturated carbocycles. The van der Waals surface area contributed by atoms with Crippen LogP contribution in [0.2, 0.25) is 0 Å². The standard InChI is InChI=1S/C24H29N3O3/c1-17(28)20(24-26-16-21(27-24)23(25)29)14-13-19-11-5-6-12-22(19)30-15-7-10-18-8-3-2-4-9-18/h2-6,8-9,11-12,16-17,20,28H,7,10,13-15H2,1H3,(H2,25,29)(H,26,27)/t17-,20-/m0/s1. The van der Waals surface area contributed by atoms with E-state index >= 15 is 0 Å². The number of aliphatic hydroxyl groups is 1. The van der Waals surface area contributed by atoms with E-state index in [1.807, 2.05) is 30.3 Å². The number of aryl methyl sites for hydroxylation is 2. The molecular weight excluding hydrogens is 378 g/mol. The zero-order valence-electron chi connectivity index (χ0n) is 17.3. The summed E-state index contributed by atoms with van der Waals surface area (Å²) < 4.78 is 6.05. The molecule has 0 bridgehead atoms. The van der Waals surface area contributed by atoms with Crippen molar-refractivity contribution in [2.75, 3.05) is 6.61 Å². The minimum Gasteiger partial charge on any atom is -0.493 e. The van der Waals surface area contributed by atoms with Crippen LogP contribution in [0.1, 0.15) is 53.1 Å². The number of H-pyrrole nitrogens is 1. The lowest BCUT2D eigenvalue weighted by Gasteiger charge is -2.19. The Morgan fingerprint density at radius 3 is 2.57 bits per heavy atom. The molecule has 1 amide bonds. The van der Waals surface area contributed by atoms with Gasteiger partial charge in [-0.05, 0) is 49.8 Å². The van der Waals surface area contributed by atoms with Crippen molar-refractivity contribution < 1.29 is 14.6 Å². The minimum atomic E-state index is -0.615. The van der Waals surface area contributed by atoms with Crippen molar-refractivity contribution >= 4 is 5.91 Å². The summed E-state index contributed by atoms with van der Waals surface area (Å²) >= 11 is 0. The zero-order chi connectivity index (χ0) is 21.3. The summed E-state index contributed by atoms with van der Waals surface area (Å²) in [6.45, 7) is 2.37. The molecule has 0 fully saturated rings. The second kappa shape index (κ2) is 10.6. The Bertz CT molecular complexity index is 938. The number of carbonyl (C=O) groups excluding carboxylic acids is 1. The minimum absolute atomic E-state index is 0.232. The van der Waals surface area contributed by atoms with Crippen LogP contribution >= 0.6 is 0 Å². The van der Waals surface area contributed by atoms with Gasteiger partial charge in [-0.3, -0.25) is 4.79 Å². The van der Waals surface area contributed by atoms with Crippen LogP contribution in [-0.4, -0.2) is 33.7 Å². The highest BCUT2D eigenvalue weighted by molar-refractivity contribution is 5.90. The number of aromatic amines is 1. The Balaban J connectivity index is 1.58. The van der Waals surface area contributed by atoms with Gasteiger partial charge in [-0.2, -0.15) is 0 Å². The number of amides is 1. The molecule has 3 rings (SSSR count). The van der Waals surface area contributed by atoms with Gasteiger partial charge in [-0.25, -0.2) is 4.98 Å². The number of nitrogens with zero attached hydrogens (tertiary/aromatic N) is 1. The van der Waals surface area contributed by atoms with E-state index in [0.29, 0.717) is 18.9 Å². The molecule has 2 atom stereocenters. The van der Waals surface area contributed by atoms with Gasteiger partial charge in [0.15, 0.2) is 0 Å². The fourth-order valence-corrected chi connectivity index (χ4v) is 3.52. The SMILES string of the molecule is C[C@H](O)[C@H](CCc1ccccc1OCCCc1ccccc1)c1ncc(C(N)=O)[nH]1. The van der Waals surface area contributed by atoms with Gasteiger partial charge in [0.1, 0.15) is 17.3 Å². The summed E-state index contributed by atoms with van der Waals surface area (Å²) in [6.07, 6.45) is 4.10. The average Bonchev–Trinajstić information content (AvgIpc) is 3.23. The number of nitrogens with one attached hydrogen (secondary N) is 1. The lowest BCUT2D eigenvalue weighted by atomic mass is 9.94. The highest BCUT2D eigenvalue weighted by Gasteiger charge is 2.22. The number of ether oxygens (including phenoxy) is 1. The van der Waals surface area contributed by atoms with Crippen molar-refractivity contribution in [1.29, 1.82) is 0 Å². The summed E-state index contributed by atoms with van der Waals surface area (Å²) in [5.41, 5.74) is 7.94. The fraction of sp³-hybridized carbons (Fsp3) is 0.333. The van der Waals surface area contributed by atoms with Crippen LogP contribution in [0.25, 0.3) is 0 Å². The van der Waals surface area contributed by atoms with Crippen LogP contribution in [0.15, 0.2) is 60.8 Å². The molecule has 6 nitrogen and oxygen atoms in total. The van der Waals surface area contributed by atoms with Gasteiger partial charge in [0.2, 0.25) is 0 Å². The maximum Gasteiger partial charge on any atom is 0.266 e. The van der Waals surface area contributed by atoms with Crippen LogP contribution in [-0.2, 0) is 12.8 Å². The molecule has 2 aromatic carbocycles. The van der Waals surface area contributed by atoms with E-state index in [0.717, 1.165) is 30.6 Å². The van der Waals surface area contributed by atoms with Crippen molar-refractivity contribution in [1.82, 2.24) is 9.97 Å². The molecule has 4 N–H and O–H groups in total. The van der Waals surface area contributed by atoms with Crippen LogP contribution in [0.5, 0.6) is 5.75 Å². The Hall–Kier alpha value is -3.12. The van der Waals surface area contributed by atoms with E-state index in [-0.39, 0.29) is 11.6 Å². The molecule has 0 unspecified atom stereocenters. The number of benzene rings is 2. The summed E-state index contributed by atoms with van der Waals surface area (Å²) in [4.78, 5) is 18.5. The largest absolute Gasteiger partial charge is 0.493 e. The maximum atomic E-state index is 11.3. The maximum absolute atomic E-state index is 11.3. The first kappa shape index (κ1) is 21.6. The van der Waals surface area contributed by atoms with Gasteiger partial charge in [-0.15, -0.1) is 0 Å². The second-order valence-corrected chi connectivity index (χ2v) is 7.48. The number of hydrogen-bond donors (Lipinski definition) is 3. The smallest absolute Gasteiger partial charge is 0.266 e. The predicted octanol–water partition coefficient (Wildman–Crippen LogP) is 3.62. The monoisotopic (exact) mass is 407 g/mol. The Kier molecular flexibility index (Phi) is 7.63. The van der Waals surface area contributed by atoms with Crippen molar-refractivity contribution in [2.45, 2.75) is 44.6 Å². The zero-order valence-corrected chi connectivity index (χ0v) is 17.3. The number of hydrogen-bond acceptors (Lipinski definition) is 4. The molecule has 0 saturated heterocycles. The lowest BCUT2D eigenvalue weighted by Crippen LogP contribution is -2.18. The molecule has 0 aliphatic carbocycles. The molecule has 30 heavy (non-hydrogen) atoms. The average molecular weight is 408 g/mol. The summed E-state index contributed by atoms with van der Waals surface area (Å²) in [7, 11) is 0. The Morgan fingerprint density at radius 1 is 1.13 bits per heavy atom. The summed E-state index contributed by atoms with van der Waals surface area (Å²) in [5, 5.41) is 10.2. The molecule has 1 heterocycles. The van der Waals surface area contributed by atoms with E-state index in [2.05, 4.69) is 34.2 Å². The van der Waals surface area contributed by atoms with E-state index in [4.69, 9.17) is 10.5 Å². The number of imidazole rings is 1. The molecule has 6 heteroatoms. The molecule has 0 radical (unpaired) electrons. The third kappa shape index (κ3) is 5.94. The van der Waals surface area contributed by atoms with Gasteiger partial charge in [-0.1, -0.05) is 48.5 Å². The normalized spacial score (nSPS) is 13.0.